The second kappa shape index (κ2) is 6.86. The molecule has 0 spiro atoms. The molecule has 0 radical (unpaired) electrons. The van der Waals surface area contributed by atoms with Crippen molar-refractivity contribution >= 4 is 5.91 Å². The Morgan fingerprint density at radius 3 is 2.88 bits per heavy atom. The third-order valence-electron chi connectivity index (χ3n) is 3.08. The molecule has 0 aromatic carbocycles. The molecule has 0 aromatic rings. The van der Waals surface area contributed by atoms with Crippen molar-refractivity contribution in [3.63, 3.8) is 0 Å². The van der Waals surface area contributed by atoms with E-state index in [0.717, 1.165) is 19.4 Å². The van der Waals surface area contributed by atoms with Crippen molar-refractivity contribution in [1.29, 1.82) is 0 Å². The van der Waals surface area contributed by atoms with Gasteiger partial charge < -0.3 is 15.4 Å². The smallest absolute Gasteiger partial charge is 0.223 e. The van der Waals surface area contributed by atoms with Crippen molar-refractivity contribution in [1.82, 2.24) is 4.90 Å². The minimum atomic E-state index is -0.00525. The molecule has 1 aliphatic heterocycles. The summed E-state index contributed by atoms with van der Waals surface area (Å²) in [7, 11) is 0. The molecule has 0 aromatic heterocycles. The van der Waals surface area contributed by atoms with Crippen LogP contribution in [0, 0.1) is 5.92 Å². The lowest BCUT2D eigenvalue weighted by Gasteiger charge is -2.23. The third-order valence-corrected chi connectivity index (χ3v) is 3.08. The number of likely N-dealkylation sites (tertiary alicyclic amines) is 1. The Labute approximate surface area is 98.1 Å². The molecule has 0 aliphatic carbocycles. The number of nitrogens with two attached hydrogens (primary N) is 1. The van der Waals surface area contributed by atoms with Gasteiger partial charge in [0.15, 0.2) is 0 Å². The predicted octanol–water partition coefficient (Wildman–Crippen LogP) is 0.999. The minimum Gasteiger partial charge on any atom is -0.375 e. The average molecular weight is 228 g/mol. The first-order valence-corrected chi connectivity index (χ1v) is 6.30. The Morgan fingerprint density at radius 1 is 1.56 bits per heavy atom. The van der Waals surface area contributed by atoms with E-state index in [9.17, 15) is 4.79 Å². The highest BCUT2D eigenvalue weighted by Crippen LogP contribution is 2.22. The van der Waals surface area contributed by atoms with E-state index in [1.165, 1.54) is 0 Å². The van der Waals surface area contributed by atoms with E-state index in [2.05, 4.69) is 6.92 Å². The SMILES string of the molecule is CCCC1CC(=O)N(CC(CN)OCC)C1. The summed E-state index contributed by atoms with van der Waals surface area (Å²) in [6.07, 6.45) is 2.99. The first-order chi connectivity index (χ1) is 7.71. The van der Waals surface area contributed by atoms with Crippen LogP contribution in [-0.4, -0.2) is 43.2 Å². The van der Waals surface area contributed by atoms with E-state index < -0.39 is 0 Å². The molecule has 2 N–H and O–H groups in total. The van der Waals surface area contributed by atoms with Crippen LogP contribution in [0.1, 0.15) is 33.1 Å². The van der Waals surface area contributed by atoms with E-state index in [0.29, 0.717) is 32.0 Å². The van der Waals surface area contributed by atoms with Gasteiger partial charge in [-0.05, 0) is 19.3 Å². The molecule has 1 amide bonds. The number of hydrogen-bond acceptors (Lipinski definition) is 3. The summed E-state index contributed by atoms with van der Waals surface area (Å²) in [5, 5.41) is 0. The number of carbonyl (C=O) groups is 1. The number of nitrogens with zero attached hydrogens (tertiary/aromatic N) is 1. The van der Waals surface area contributed by atoms with Gasteiger partial charge in [-0.15, -0.1) is 0 Å². The lowest BCUT2D eigenvalue weighted by Crippen LogP contribution is -2.39. The van der Waals surface area contributed by atoms with Crippen molar-refractivity contribution in [2.75, 3.05) is 26.2 Å². The standard InChI is InChI=1S/C12H24N2O2/c1-3-5-10-6-12(15)14(8-10)9-11(7-13)16-4-2/h10-11H,3-9,13H2,1-2H3. The summed E-state index contributed by atoms with van der Waals surface area (Å²) >= 11 is 0. The maximum Gasteiger partial charge on any atom is 0.223 e. The summed E-state index contributed by atoms with van der Waals surface area (Å²) in [5.41, 5.74) is 5.61. The highest BCUT2D eigenvalue weighted by molar-refractivity contribution is 5.78. The third kappa shape index (κ3) is 3.76. The van der Waals surface area contributed by atoms with E-state index >= 15 is 0 Å². The molecule has 0 saturated carbocycles. The summed E-state index contributed by atoms with van der Waals surface area (Å²) in [6.45, 7) is 6.79. The normalized spacial score (nSPS) is 22.8. The molecule has 1 saturated heterocycles. The van der Waals surface area contributed by atoms with Crippen LogP contribution in [0.25, 0.3) is 0 Å². The van der Waals surface area contributed by atoms with Crippen LogP contribution in [0.5, 0.6) is 0 Å². The number of ether oxygens (including phenoxy) is 1. The molecule has 0 bridgehead atoms. The van der Waals surface area contributed by atoms with Gasteiger partial charge in [-0.25, -0.2) is 0 Å². The van der Waals surface area contributed by atoms with E-state index in [1.807, 2.05) is 11.8 Å². The molecule has 4 heteroatoms. The number of amides is 1. The molecule has 1 heterocycles. The van der Waals surface area contributed by atoms with Gasteiger partial charge in [0.2, 0.25) is 5.91 Å². The van der Waals surface area contributed by atoms with Gasteiger partial charge in [0.05, 0.1) is 6.10 Å². The first kappa shape index (κ1) is 13.5. The molecule has 2 unspecified atom stereocenters. The number of hydrogen-bond donors (Lipinski definition) is 1. The monoisotopic (exact) mass is 228 g/mol. The van der Waals surface area contributed by atoms with Gasteiger partial charge in [0.25, 0.3) is 0 Å². The molecule has 94 valence electrons. The van der Waals surface area contributed by atoms with Crippen molar-refractivity contribution < 1.29 is 9.53 Å². The molecular weight excluding hydrogens is 204 g/mol. The Morgan fingerprint density at radius 2 is 2.31 bits per heavy atom. The van der Waals surface area contributed by atoms with Crippen LogP contribution in [0.3, 0.4) is 0 Å². The zero-order chi connectivity index (χ0) is 12.0. The van der Waals surface area contributed by atoms with Gasteiger partial charge in [-0.1, -0.05) is 13.3 Å². The van der Waals surface area contributed by atoms with Crippen LogP contribution in [0.15, 0.2) is 0 Å². The van der Waals surface area contributed by atoms with E-state index in [4.69, 9.17) is 10.5 Å². The number of rotatable bonds is 7. The lowest BCUT2D eigenvalue weighted by atomic mass is 10.0. The first-order valence-electron chi connectivity index (χ1n) is 6.30. The molecule has 16 heavy (non-hydrogen) atoms. The largest absolute Gasteiger partial charge is 0.375 e. The van der Waals surface area contributed by atoms with Gasteiger partial charge in [-0.3, -0.25) is 4.79 Å². The summed E-state index contributed by atoms with van der Waals surface area (Å²) in [5.74, 6) is 0.800. The van der Waals surface area contributed by atoms with Crippen LogP contribution >= 0.6 is 0 Å². The zero-order valence-corrected chi connectivity index (χ0v) is 10.4. The van der Waals surface area contributed by atoms with Crippen LogP contribution < -0.4 is 5.73 Å². The molecule has 1 fully saturated rings. The van der Waals surface area contributed by atoms with Crippen molar-refractivity contribution in [3.8, 4) is 0 Å². The van der Waals surface area contributed by atoms with Gasteiger partial charge >= 0.3 is 0 Å². The topological polar surface area (TPSA) is 55.6 Å². The highest BCUT2D eigenvalue weighted by atomic mass is 16.5. The van der Waals surface area contributed by atoms with Crippen molar-refractivity contribution in [3.05, 3.63) is 0 Å². The Bertz CT molecular complexity index is 221. The van der Waals surface area contributed by atoms with E-state index in [1.54, 1.807) is 0 Å². The van der Waals surface area contributed by atoms with Crippen molar-refractivity contribution in [2.24, 2.45) is 11.7 Å². The van der Waals surface area contributed by atoms with Gasteiger partial charge in [0, 0.05) is 32.7 Å². The van der Waals surface area contributed by atoms with E-state index in [-0.39, 0.29) is 12.0 Å². The van der Waals surface area contributed by atoms with Crippen LogP contribution in [-0.2, 0) is 9.53 Å². The van der Waals surface area contributed by atoms with Crippen LogP contribution in [0.4, 0.5) is 0 Å². The Kier molecular flexibility index (Phi) is 5.77. The summed E-state index contributed by atoms with van der Waals surface area (Å²) < 4.78 is 5.48. The second-order valence-corrected chi connectivity index (χ2v) is 4.47. The second-order valence-electron chi connectivity index (χ2n) is 4.47. The zero-order valence-electron chi connectivity index (χ0n) is 10.4. The fraction of sp³-hybridized carbons (Fsp3) is 0.917. The molecule has 1 aliphatic rings. The number of carbonyl (C=O) groups excluding carboxylic acids is 1. The maximum atomic E-state index is 11.7. The molecule has 1 rings (SSSR count). The van der Waals surface area contributed by atoms with Gasteiger partial charge in [-0.2, -0.15) is 0 Å². The van der Waals surface area contributed by atoms with Crippen LogP contribution in [0.2, 0.25) is 0 Å². The Balaban J connectivity index is 2.39. The minimum absolute atomic E-state index is 0.00525. The van der Waals surface area contributed by atoms with Gasteiger partial charge in [0.1, 0.15) is 0 Å². The van der Waals surface area contributed by atoms with Crippen molar-refractivity contribution in [2.45, 2.75) is 39.2 Å². The fourth-order valence-electron chi connectivity index (χ4n) is 2.31. The maximum absolute atomic E-state index is 11.7. The molecule has 4 nitrogen and oxygen atoms in total. The quantitative estimate of drug-likeness (QED) is 0.707. The molecule has 2 atom stereocenters. The summed E-state index contributed by atoms with van der Waals surface area (Å²) in [6, 6.07) is 0. The fourth-order valence-corrected chi connectivity index (χ4v) is 2.31. The summed E-state index contributed by atoms with van der Waals surface area (Å²) in [4.78, 5) is 13.7. The lowest BCUT2D eigenvalue weighted by molar-refractivity contribution is -0.129. The highest BCUT2D eigenvalue weighted by Gasteiger charge is 2.30. The average Bonchev–Trinajstić information content (AvgIpc) is 2.59. The Hall–Kier alpha value is -0.610. The molecular formula is C12H24N2O2. The predicted molar refractivity (Wildman–Crippen MR) is 64.1 cm³/mol.